The highest BCUT2D eigenvalue weighted by molar-refractivity contribution is 5.79. The minimum absolute atomic E-state index is 0.0127. The number of hydrogen-bond acceptors (Lipinski definition) is 3. The van der Waals surface area contributed by atoms with Crippen molar-refractivity contribution in [3.8, 4) is 0 Å². The third kappa shape index (κ3) is 4.01. The smallest absolute Gasteiger partial charge is 0.229 e. The lowest BCUT2D eigenvalue weighted by atomic mass is 10.0. The van der Waals surface area contributed by atoms with E-state index >= 15 is 0 Å². The predicted octanol–water partition coefficient (Wildman–Crippen LogP) is 3.34. The van der Waals surface area contributed by atoms with Crippen LogP contribution in [0.4, 0.5) is 0 Å². The van der Waals surface area contributed by atoms with Gasteiger partial charge in [0.2, 0.25) is 5.91 Å². The van der Waals surface area contributed by atoms with Crippen molar-refractivity contribution in [2.45, 2.75) is 39.5 Å². The van der Waals surface area contributed by atoms with Gasteiger partial charge >= 0.3 is 0 Å². The Morgan fingerprint density at radius 1 is 1.17 bits per heavy atom. The van der Waals surface area contributed by atoms with Crippen molar-refractivity contribution in [3.05, 3.63) is 65.5 Å². The number of rotatable bonds is 5. The molecule has 1 amide bonds. The summed E-state index contributed by atoms with van der Waals surface area (Å²) in [5.74, 6) is 0.102. The fourth-order valence-electron chi connectivity index (χ4n) is 3.19. The maximum atomic E-state index is 13.1. The lowest BCUT2D eigenvalue weighted by Crippen LogP contribution is -2.38. The molecule has 0 N–H and O–H groups in total. The van der Waals surface area contributed by atoms with Crippen LogP contribution < -0.4 is 0 Å². The molecule has 0 saturated carbocycles. The highest BCUT2D eigenvalue weighted by atomic mass is 16.5. The van der Waals surface area contributed by atoms with E-state index < -0.39 is 0 Å². The van der Waals surface area contributed by atoms with E-state index in [4.69, 9.17) is 4.74 Å². The Kier molecular flexibility index (Phi) is 5.26. The first-order valence-electron chi connectivity index (χ1n) is 8.50. The van der Waals surface area contributed by atoms with Crippen LogP contribution in [-0.4, -0.2) is 28.5 Å². The summed E-state index contributed by atoms with van der Waals surface area (Å²) in [7, 11) is 0. The van der Waals surface area contributed by atoms with Crippen LogP contribution in [0.1, 0.15) is 30.3 Å². The van der Waals surface area contributed by atoms with E-state index in [9.17, 15) is 4.79 Å². The molecule has 0 spiro atoms. The SMILES string of the molecule is Cc1cccc(CN(Cc2ccccc2)C(=O)[C@@H]2CCO[C@@H]2C)n1. The maximum absolute atomic E-state index is 13.1. The second-order valence-corrected chi connectivity index (χ2v) is 6.42. The van der Waals surface area contributed by atoms with Gasteiger partial charge in [0, 0.05) is 18.8 Å². The number of amides is 1. The monoisotopic (exact) mass is 324 g/mol. The van der Waals surface area contributed by atoms with Crippen LogP contribution in [-0.2, 0) is 22.6 Å². The van der Waals surface area contributed by atoms with Gasteiger partial charge in [-0.2, -0.15) is 0 Å². The molecule has 1 aliphatic rings. The van der Waals surface area contributed by atoms with Gasteiger partial charge in [-0.25, -0.2) is 0 Å². The first-order chi connectivity index (χ1) is 11.6. The number of ether oxygens (including phenoxy) is 1. The highest BCUT2D eigenvalue weighted by Gasteiger charge is 2.34. The summed E-state index contributed by atoms with van der Waals surface area (Å²) in [6.45, 7) is 5.75. The summed E-state index contributed by atoms with van der Waals surface area (Å²) < 4.78 is 5.59. The first-order valence-corrected chi connectivity index (χ1v) is 8.50. The number of hydrogen-bond donors (Lipinski definition) is 0. The minimum Gasteiger partial charge on any atom is -0.378 e. The summed E-state index contributed by atoms with van der Waals surface area (Å²) in [6.07, 6.45) is 0.785. The number of carbonyl (C=O) groups excluding carboxylic acids is 1. The van der Waals surface area contributed by atoms with Gasteiger partial charge in [0.1, 0.15) is 0 Å². The molecule has 4 heteroatoms. The van der Waals surface area contributed by atoms with Crippen LogP contribution in [0.15, 0.2) is 48.5 Å². The van der Waals surface area contributed by atoms with Crippen LogP contribution in [0.3, 0.4) is 0 Å². The van der Waals surface area contributed by atoms with Crippen LogP contribution in [0.5, 0.6) is 0 Å². The van der Waals surface area contributed by atoms with Crippen molar-refractivity contribution in [2.24, 2.45) is 5.92 Å². The Hall–Kier alpha value is -2.20. The molecule has 1 fully saturated rings. The quantitative estimate of drug-likeness (QED) is 0.847. The minimum atomic E-state index is -0.0569. The molecule has 3 rings (SSSR count). The maximum Gasteiger partial charge on any atom is 0.229 e. The molecule has 1 aromatic heterocycles. The van der Waals surface area contributed by atoms with E-state index in [0.29, 0.717) is 19.7 Å². The molecule has 2 heterocycles. The molecule has 0 aliphatic carbocycles. The van der Waals surface area contributed by atoms with E-state index in [-0.39, 0.29) is 17.9 Å². The molecule has 0 unspecified atom stereocenters. The van der Waals surface area contributed by atoms with Gasteiger partial charge in [0.15, 0.2) is 0 Å². The van der Waals surface area contributed by atoms with Gasteiger partial charge in [-0.3, -0.25) is 9.78 Å². The Balaban J connectivity index is 1.81. The van der Waals surface area contributed by atoms with Crippen LogP contribution in [0.2, 0.25) is 0 Å². The molecule has 2 aromatic rings. The molecule has 126 valence electrons. The zero-order chi connectivity index (χ0) is 16.9. The van der Waals surface area contributed by atoms with Crippen molar-refractivity contribution >= 4 is 5.91 Å². The Labute approximate surface area is 143 Å². The number of aryl methyl sites for hydroxylation is 1. The number of pyridine rings is 1. The third-order valence-corrected chi connectivity index (χ3v) is 4.52. The molecule has 2 atom stereocenters. The standard InChI is InChI=1S/C20H24N2O2/c1-15-7-6-10-18(21-15)14-22(13-17-8-4-3-5-9-17)20(23)19-11-12-24-16(19)2/h3-10,16,19H,11-14H2,1-2H3/t16-,19-/m1/s1. The Morgan fingerprint density at radius 2 is 1.96 bits per heavy atom. The summed E-state index contributed by atoms with van der Waals surface area (Å²) in [6, 6.07) is 16.0. The second kappa shape index (κ2) is 7.58. The van der Waals surface area contributed by atoms with Crippen LogP contribution in [0, 0.1) is 12.8 Å². The second-order valence-electron chi connectivity index (χ2n) is 6.42. The van der Waals surface area contributed by atoms with Crippen LogP contribution in [0.25, 0.3) is 0 Å². The van der Waals surface area contributed by atoms with E-state index in [2.05, 4.69) is 17.1 Å². The van der Waals surface area contributed by atoms with E-state index in [1.807, 2.05) is 55.1 Å². The molecule has 1 aromatic carbocycles. The molecule has 1 aliphatic heterocycles. The lowest BCUT2D eigenvalue weighted by molar-refractivity contribution is -0.138. The van der Waals surface area contributed by atoms with Gasteiger partial charge in [-0.05, 0) is 38.0 Å². The van der Waals surface area contributed by atoms with Gasteiger partial charge < -0.3 is 9.64 Å². The van der Waals surface area contributed by atoms with Gasteiger partial charge in [-0.1, -0.05) is 36.4 Å². The zero-order valence-corrected chi connectivity index (χ0v) is 14.3. The topological polar surface area (TPSA) is 42.4 Å². The zero-order valence-electron chi connectivity index (χ0n) is 14.3. The van der Waals surface area contributed by atoms with Crippen molar-refractivity contribution in [3.63, 3.8) is 0 Å². The van der Waals surface area contributed by atoms with E-state index in [1.54, 1.807) is 0 Å². The average Bonchev–Trinajstić information content (AvgIpc) is 3.01. The number of aromatic nitrogens is 1. The fraction of sp³-hybridized carbons (Fsp3) is 0.400. The first kappa shape index (κ1) is 16.7. The van der Waals surface area contributed by atoms with Crippen molar-refractivity contribution in [1.82, 2.24) is 9.88 Å². The van der Waals surface area contributed by atoms with Gasteiger partial charge in [0.25, 0.3) is 0 Å². The average molecular weight is 324 g/mol. The summed E-state index contributed by atoms with van der Waals surface area (Å²) in [5.41, 5.74) is 3.02. The molecule has 4 nitrogen and oxygen atoms in total. The number of carbonyl (C=O) groups is 1. The number of nitrogens with zero attached hydrogens (tertiary/aromatic N) is 2. The van der Waals surface area contributed by atoms with Crippen molar-refractivity contribution in [1.29, 1.82) is 0 Å². The molecular formula is C20H24N2O2. The van der Waals surface area contributed by atoms with Gasteiger partial charge in [0.05, 0.1) is 24.3 Å². The largest absolute Gasteiger partial charge is 0.378 e. The predicted molar refractivity (Wildman–Crippen MR) is 93.2 cm³/mol. The Bertz CT molecular complexity index is 687. The summed E-state index contributed by atoms with van der Waals surface area (Å²) in [4.78, 5) is 19.5. The van der Waals surface area contributed by atoms with E-state index in [1.165, 1.54) is 0 Å². The van der Waals surface area contributed by atoms with Crippen molar-refractivity contribution in [2.75, 3.05) is 6.61 Å². The molecule has 24 heavy (non-hydrogen) atoms. The number of benzene rings is 1. The van der Waals surface area contributed by atoms with Crippen molar-refractivity contribution < 1.29 is 9.53 Å². The Morgan fingerprint density at radius 3 is 2.62 bits per heavy atom. The summed E-state index contributed by atoms with van der Waals surface area (Å²) in [5, 5.41) is 0. The van der Waals surface area contributed by atoms with Gasteiger partial charge in [-0.15, -0.1) is 0 Å². The third-order valence-electron chi connectivity index (χ3n) is 4.52. The molecule has 0 radical (unpaired) electrons. The lowest BCUT2D eigenvalue weighted by Gasteiger charge is -2.27. The molecular weight excluding hydrogens is 300 g/mol. The molecule has 1 saturated heterocycles. The highest BCUT2D eigenvalue weighted by Crippen LogP contribution is 2.24. The fourth-order valence-corrected chi connectivity index (χ4v) is 3.19. The summed E-state index contributed by atoms with van der Waals surface area (Å²) >= 11 is 0. The molecule has 0 bridgehead atoms. The normalized spacial score (nSPS) is 20.1. The van der Waals surface area contributed by atoms with E-state index in [0.717, 1.165) is 23.4 Å². The van der Waals surface area contributed by atoms with Crippen LogP contribution >= 0.6 is 0 Å².